The number of amides is 1. The van der Waals surface area contributed by atoms with Crippen LogP contribution in [0.4, 0.5) is 0 Å². The Balaban J connectivity index is 1.42. The molecule has 3 rings (SSSR count). The Labute approximate surface area is 137 Å². The molecule has 2 heterocycles. The van der Waals surface area contributed by atoms with Crippen LogP contribution in [0.3, 0.4) is 0 Å². The fourth-order valence-electron chi connectivity index (χ4n) is 2.23. The highest BCUT2D eigenvalue weighted by Gasteiger charge is 2.05. The van der Waals surface area contributed by atoms with Crippen LogP contribution < -0.4 is 5.32 Å². The number of nitrogens with one attached hydrogen (secondary N) is 1. The third-order valence-electron chi connectivity index (χ3n) is 3.52. The first kappa shape index (κ1) is 15.7. The fraction of sp³-hybridized carbons (Fsp3) is 0.357. The molecule has 2 aromatic heterocycles. The third kappa shape index (κ3) is 3.97. The van der Waals surface area contributed by atoms with E-state index in [-0.39, 0.29) is 5.91 Å². The SMILES string of the molecule is Cn1nnnc1CCCNC(=O)Cc1ccc(-n2cnnn2)cc1. The third-order valence-corrected chi connectivity index (χ3v) is 3.52. The number of carbonyl (C=O) groups is 1. The molecule has 0 atom stereocenters. The Morgan fingerprint density at radius 2 is 2.00 bits per heavy atom. The summed E-state index contributed by atoms with van der Waals surface area (Å²) in [5.74, 6) is 0.795. The van der Waals surface area contributed by atoms with Gasteiger partial charge in [-0.05, 0) is 45.0 Å². The van der Waals surface area contributed by atoms with Crippen LogP contribution in [0.1, 0.15) is 17.8 Å². The molecule has 0 fully saturated rings. The summed E-state index contributed by atoms with van der Waals surface area (Å²) in [5.41, 5.74) is 1.78. The fourth-order valence-corrected chi connectivity index (χ4v) is 2.23. The molecule has 1 amide bonds. The minimum absolute atomic E-state index is 0.0127. The molecular weight excluding hydrogens is 310 g/mol. The second-order valence-corrected chi connectivity index (χ2v) is 5.27. The smallest absolute Gasteiger partial charge is 0.224 e. The molecule has 0 saturated carbocycles. The van der Waals surface area contributed by atoms with Gasteiger partial charge in [0.25, 0.3) is 0 Å². The van der Waals surface area contributed by atoms with Crippen molar-refractivity contribution in [3.8, 4) is 5.69 Å². The first-order valence-electron chi connectivity index (χ1n) is 7.52. The molecule has 10 nitrogen and oxygen atoms in total. The van der Waals surface area contributed by atoms with Gasteiger partial charge in [0, 0.05) is 20.0 Å². The van der Waals surface area contributed by atoms with Crippen molar-refractivity contribution >= 4 is 5.91 Å². The molecule has 0 unspecified atom stereocenters. The summed E-state index contributed by atoms with van der Waals surface area (Å²) < 4.78 is 3.19. The van der Waals surface area contributed by atoms with Gasteiger partial charge in [-0.25, -0.2) is 9.36 Å². The summed E-state index contributed by atoms with van der Waals surface area (Å²) in [5, 5.41) is 25.1. The predicted molar refractivity (Wildman–Crippen MR) is 83.0 cm³/mol. The lowest BCUT2D eigenvalue weighted by atomic mass is 10.1. The van der Waals surface area contributed by atoms with Gasteiger partial charge in [-0.1, -0.05) is 12.1 Å². The summed E-state index contributed by atoms with van der Waals surface area (Å²) in [4.78, 5) is 12.0. The van der Waals surface area contributed by atoms with Crippen molar-refractivity contribution in [2.75, 3.05) is 6.54 Å². The number of aryl methyl sites for hydroxylation is 2. The van der Waals surface area contributed by atoms with Crippen LogP contribution in [0.2, 0.25) is 0 Å². The molecule has 0 bridgehead atoms. The Morgan fingerprint density at radius 3 is 2.67 bits per heavy atom. The Hall–Kier alpha value is -3.17. The molecule has 124 valence electrons. The van der Waals surface area contributed by atoms with E-state index in [4.69, 9.17) is 0 Å². The highest BCUT2D eigenvalue weighted by atomic mass is 16.1. The van der Waals surface area contributed by atoms with Gasteiger partial charge in [-0.2, -0.15) is 0 Å². The lowest BCUT2D eigenvalue weighted by molar-refractivity contribution is -0.120. The maximum atomic E-state index is 12.0. The van der Waals surface area contributed by atoms with Gasteiger partial charge in [-0.15, -0.1) is 10.2 Å². The van der Waals surface area contributed by atoms with Gasteiger partial charge in [-0.3, -0.25) is 4.79 Å². The van der Waals surface area contributed by atoms with Crippen molar-refractivity contribution in [3.05, 3.63) is 42.0 Å². The lowest BCUT2D eigenvalue weighted by Gasteiger charge is -2.06. The molecule has 0 aliphatic rings. The number of hydrogen-bond donors (Lipinski definition) is 1. The molecule has 0 radical (unpaired) electrons. The van der Waals surface area contributed by atoms with Crippen LogP contribution in [0.5, 0.6) is 0 Å². The minimum atomic E-state index is -0.0127. The first-order chi connectivity index (χ1) is 11.7. The lowest BCUT2D eigenvalue weighted by Crippen LogP contribution is -2.26. The van der Waals surface area contributed by atoms with Crippen LogP contribution in [0, 0.1) is 0 Å². The maximum absolute atomic E-state index is 12.0. The average Bonchev–Trinajstić information content (AvgIpc) is 3.24. The van der Waals surface area contributed by atoms with E-state index in [1.165, 1.54) is 6.33 Å². The standard InChI is InChI=1S/C14H17N9O/c1-22-13(17-19-20-22)3-2-8-15-14(24)9-11-4-6-12(7-5-11)23-10-16-18-21-23/h4-7,10H,2-3,8-9H2,1H3,(H,15,24). The average molecular weight is 327 g/mol. The molecule has 10 heteroatoms. The van der Waals surface area contributed by atoms with Crippen molar-refractivity contribution in [1.29, 1.82) is 0 Å². The second kappa shape index (κ2) is 7.40. The zero-order valence-electron chi connectivity index (χ0n) is 13.2. The van der Waals surface area contributed by atoms with E-state index in [0.717, 1.165) is 29.9 Å². The summed E-state index contributed by atoms with van der Waals surface area (Å²) >= 11 is 0. The van der Waals surface area contributed by atoms with Crippen LogP contribution in [0.15, 0.2) is 30.6 Å². The molecule has 0 aliphatic heterocycles. The van der Waals surface area contributed by atoms with Crippen molar-refractivity contribution in [1.82, 2.24) is 45.7 Å². The number of aromatic nitrogens is 8. The van der Waals surface area contributed by atoms with Gasteiger partial charge in [0.2, 0.25) is 5.91 Å². The Bertz CT molecular complexity index is 779. The van der Waals surface area contributed by atoms with Gasteiger partial charge in [0.1, 0.15) is 6.33 Å². The minimum Gasteiger partial charge on any atom is -0.356 e. The van der Waals surface area contributed by atoms with Crippen LogP contribution >= 0.6 is 0 Å². The van der Waals surface area contributed by atoms with Crippen LogP contribution in [-0.4, -0.2) is 52.9 Å². The Kier molecular flexibility index (Phi) is 4.84. The molecule has 0 saturated heterocycles. The van der Waals surface area contributed by atoms with E-state index in [0.29, 0.717) is 13.0 Å². The second-order valence-electron chi connectivity index (χ2n) is 5.27. The highest BCUT2D eigenvalue weighted by Crippen LogP contribution is 2.08. The number of hydrogen-bond acceptors (Lipinski definition) is 7. The van der Waals surface area contributed by atoms with Crippen LogP contribution in [0.25, 0.3) is 5.69 Å². The van der Waals surface area contributed by atoms with Gasteiger partial charge in [0.15, 0.2) is 5.82 Å². The topological polar surface area (TPSA) is 116 Å². The molecule has 0 spiro atoms. The highest BCUT2D eigenvalue weighted by molar-refractivity contribution is 5.78. The zero-order chi connectivity index (χ0) is 16.8. The zero-order valence-corrected chi connectivity index (χ0v) is 13.2. The predicted octanol–water partition coefficient (Wildman–Crippen LogP) is -0.523. The Morgan fingerprint density at radius 1 is 1.17 bits per heavy atom. The van der Waals surface area contributed by atoms with Crippen LogP contribution in [-0.2, 0) is 24.7 Å². The van der Waals surface area contributed by atoms with Crippen molar-refractivity contribution in [3.63, 3.8) is 0 Å². The van der Waals surface area contributed by atoms with E-state index in [2.05, 4.69) is 36.4 Å². The number of tetrazole rings is 2. The molecule has 24 heavy (non-hydrogen) atoms. The van der Waals surface area contributed by atoms with Crippen molar-refractivity contribution in [2.45, 2.75) is 19.3 Å². The summed E-state index contributed by atoms with van der Waals surface area (Å²) in [6.07, 6.45) is 3.37. The van der Waals surface area contributed by atoms with Crippen molar-refractivity contribution < 1.29 is 4.79 Å². The number of benzene rings is 1. The first-order valence-corrected chi connectivity index (χ1v) is 7.52. The number of nitrogens with zero attached hydrogens (tertiary/aromatic N) is 8. The monoisotopic (exact) mass is 327 g/mol. The van der Waals surface area contributed by atoms with Crippen molar-refractivity contribution in [2.24, 2.45) is 7.05 Å². The quantitative estimate of drug-likeness (QED) is 0.580. The number of rotatable bonds is 7. The largest absolute Gasteiger partial charge is 0.356 e. The van der Waals surface area contributed by atoms with E-state index in [1.54, 1.807) is 16.4 Å². The maximum Gasteiger partial charge on any atom is 0.224 e. The molecule has 1 N–H and O–H groups in total. The van der Waals surface area contributed by atoms with Gasteiger partial charge >= 0.3 is 0 Å². The van der Waals surface area contributed by atoms with E-state index >= 15 is 0 Å². The summed E-state index contributed by atoms with van der Waals surface area (Å²) in [6.45, 7) is 0.592. The van der Waals surface area contributed by atoms with E-state index < -0.39 is 0 Å². The van der Waals surface area contributed by atoms with E-state index in [1.807, 2.05) is 24.3 Å². The molecule has 3 aromatic rings. The van der Waals surface area contributed by atoms with Gasteiger partial charge in [0.05, 0.1) is 12.1 Å². The normalized spacial score (nSPS) is 10.7. The summed E-state index contributed by atoms with van der Waals surface area (Å²) in [7, 11) is 1.80. The number of carbonyl (C=O) groups excluding carboxylic acids is 1. The molecular formula is C14H17N9O. The summed E-state index contributed by atoms with van der Waals surface area (Å²) in [6, 6.07) is 7.53. The molecule has 0 aliphatic carbocycles. The molecule has 1 aromatic carbocycles. The van der Waals surface area contributed by atoms with Gasteiger partial charge < -0.3 is 5.32 Å². The van der Waals surface area contributed by atoms with E-state index in [9.17, 15) is 4.79 Å².